The number of thiophene rings is 2. The molecule has 0 spiro atoms. The maximum Gasteiger partial charge on any atom is 0.225 e. The molecule has 0 radical (unpaired) electrons. The van der Waals surface area contributed by atoms with Crippen molar-refractivity contribution in [2.75, 3.05) is 13.1 Å². The summed E-state index contributed by atoms with van der Waals surface area (Å²) in [4.78, 5) is 43.1. The van der Waals surface area contributed by atoms with Gasteiger partial charge in [-0.3, -0.25) is 28.7 Å². The zero-order valence-corrected chi connectivity index (χ0v) is 39.1. The number of fused-ring (bicyclic) bond motifs is 6. The lowest BCUT2D eigenvalue weighted by Crippen LogP contribution is -2.33. The van der Waals surface area contributed by atoms with Gasteiger partial charge in [-0.1, -0.05) is 60.3 Å². The Kier molecular flexibility index (Phi) is 11.2. The number of aliphatic imine (C=N–C) groups is 2. The Labute approximate surface area is 384 Å². The summed E-state index contributed by atoms with van der Waals surface area (Å²) in [5.74, 6) is 3.14. The van der Waals surface area contributed by atoms with Gasteiger partial charge in [-0.2, -0.15) is 0 Å². The topological polar surface area (TPSA) is 136 Å². The monoisotopic (exact) mass is 918 g/mol. The van der Waals surface area contributed by atoms with Gasteiger partial charge in [-0.05, 0) is 102 Å². The number of amides is 2. The fraction of sp³-hybridized carbons (Fsp3) is 0.404. The highest BCUT2D eigenvalue weighted by Crippen LogP contribution is 2.43. The predicted molar refractivity (Wildman–Crippen MR) is 250 cm³/mol. The summed E-state index contributed by atoms with van der Waals surface area (Å²) in [6, 6.07) is 14.7. The number of hydrogen-bond donors (Lipinski definition) is 1. The third kappa shape index (κ3) is 7.76. The molecule has 1 aliphatic carbocycles. The molecular weight excluding hydrogens is 872 g/mol. The molecule has 1 saturated heterocycles. The highest BCUT2D eigenvalue weighted by atomic mass is 35.5. The average molecular weight is 920 g/mol. The van der Waals surface area contributed by atoms with E-state index in [4.69, 9.17) is 33.2 Å². The van der Waals surface area contributed by atoms with Crippen LogP contribution in [0.3, 0.4) is 0 Å². The van der Waals surface area contributed by atoms with Crippen LogP contribution in [0.5, 0.6) is 0 Å². The van der Waals surface area contributed by atoms with Gasteiger partial charge in [0.15, 0.2) is 11.6 Å². The number of nitrogens with zero attached hydrogens (tertiary/aromatic N) is 9. The quantitative estimate of drug-likeness (QED) is 0.154. The lowest BCUT2D eigenvalue weighted by Gasteiger charge is -2.19. The number of carbonyl (C=O) groups excluding carboxylic acids is 2. The third-order valence-electron chi connectivity index (χ3n) is 13.2. The summed E-state index contributed by atoms with van der Waals surface area (Å²) in [7, 11) is 0. The Hall–Kier alpha value is -5.02. The van der Waals surface area contributed by atoms with Crippen LogP contribution in [0.4, 0.5) is 0 Å². The molecule has 6 aromatic rings. The molecule has 10 rings (SSSR count). The number of rotatable bonds is 9. The normalized spacial score (nSPS) is 19.5. The molecule has 2 fully saturated rings. The minimum Gasteiger partial charge on any atom is -0.353 e. The van der Waals surface area contributed by atoms with Crippen molar-refractivity contribution in [1.29, 1.82) is 0 Å². The molecule has 2 amide bonds. The van der Waals surface area contributed by atoms with Crippen LogP contribution in [-0.2, 0) is 16.0 Å². The van der Waals surface area contributed by atoms with E-state index in [0.717, 1.165) is 105 Å². The van der Waals surface area contributed by atoms with Crippen LogP contribution < -0.4 is 5.32 Å². The van der Waals surface area contributed by atoms with Crippen molar-refractivity contribution >= 4 is 69.1 Å². The molecule has 1 unspecified atom stereocenters. The van der Waals surface area contributed by atoms with Gasteiger partial charge in [0.05, 0.1) is 24.3 Å². The maximum absolute atomic E-state index is 14.4. The number of aromatic nitrogens is 6. The second-order valence-electron chi connectivity index (χ2n) is 17.3. The SMILES string of the molecule is Cc1sc2c(c1C)C(c1ccc(Cl)cc1)=N[C@@H](CC(=O)N1CCC(Cc3sc4c(c3C)C(c3ccc(Cl)cc3)=N[C@@H](CC(=O)NC3CCCC3)c3nnc(C)n3-4)C1)c1nnc(C)n1-2. The molecule has 7 heterocycles. The van der Waals surface area contributed by atoms with Crippen molar-refractivity contribution in [3.05, 3.63) is 125 Å². The largest absolute Gasteiger partial charge is 0.353 e. The molecular formula is C47H48Cl2N10O2S2. The average Bonchev–Trinajstić information content (AvgIpc) is 4.13. The first-order valence-electron chi connectivity index (χ1n) is 21.7. The smallest absolute Gasteiger partial charge is 0.225 e. The van der Waals surface area contributed by atoms with E-state index in [1.54, 1.807) is 22.7 Å². The van der Waals surface area contributed by atoms with Crippen LogP contribution in [0.1, 0.15) is 123 Å². The van der Waals surface area contributed by atoms with Gasteiger partial charge in [0.1, 0.15) is 33.7 Å². The van der Waals surface area contributed by atoms with E-state index in [1.165, 1.54) is 9.75 Å². The Morgan fingerprint density at radius 3 is 1.83 bits per heavy atom. The lowest BCUT2D eigenvalue weighted by molar-refractivity contribution is -0.130. The second-order valence-corrected chi connectivity index (χ2v) is 20.5. The standard InChI is InChI=1S/C47H48Cl2N10O2S2/c1-24-26(3)62-46-40(24)42(30-10-14-32(48)15-11-30)52-36(45-56-53-27(4)58(45)46)22-39(61)57-19-18-29(23-57)20-37-25(2)41-43(31-12-16-33(49)17-13-31)51-35(21-38(60)50-34-8-6-7-9-34)44-55-54-28(5)59(44)47(41)63-37/h10-17,29,34-36H,6-9,18-23H2,1-5H3,(H,50,60)/t29?,35-,36-/m0/s1. The van der Waals surface area contributed by atoms with Crippen molar-refractivity contribution in [3.8, 4) is 10.0 Å². The second kappa shape index (κ2) is 16.8. The van der Waals surface area contributed by atoms with Crippen LogP contribution in [0, 0.1) is 40.5 Å². The number of nitrogens with one attached hydrogen (secondary N) is 1. The molecule has 0 bridgehead atoms. The summed E-state index contributed by atoms with van der Waals surface area (Å²) in [6.07, 6.45) is 6.35. The molecule has 1 N–H and O–H groups in total. The van der Waals surface area contributed by atoms with E-state index in [0.29, 0.717) is 34.8 Å². The third-order valence-corrected chi connectivity index (χ3v) is 16.1. The van der Waals surface area contributed by atoms with Crippen molar-refractivity contribution in [3.63, 3.8) is 0 Å². The van der Waals surface area contributed by atoms with Crippen LogP contribution in [0.15, 0.2) is 58.5 Å². The fourth-order valence-electron chi connectivity index (χ4n) is 9.71. The zero-order chi connectivity index (χ0) is 43.7. The van der Waals surface area contributed by atoms with Gasteiger partial charge in [0, 0.05) is 61.2 Å². The Bertz CT molecular complexity index is 2830. The maximum atomic E-state index is 14.4. The van der Waals surface area contributed by atoms with Crippen molar-refractivity contribution in [2.24, 2.45) is 15.9 Å². The first-order valence-corrected chi connectivity index (χ1v) is 24.1. The van der Waals surface area contributed by atoms with Crippen LogP contribution >= 0.6 is 45.9 Å². The van der Waals surface area contributed by atoms with E-state index in [2.05, 4.69) is 55.6 Å². The van der Waals surface area contributed by atoms with E-state index >= 15 is 0 Å². The van der Waals surface area contributed by atoms with Gasteiger partial charge in [0.25, 0.3) is 0 Å². The zero-order valence-electron chi connectivity index (χ0n) is 35.9. The summed E-state index contributed by atoms with van der Waals surface area (Å²) in [5, 5.41) is 24.9. The Balaban J connectivity index is 0.929. The van der Waals surface area contributed by atoms with Gasteiger partial charge >= 0.3 is 0 Å². The van der Waals surface area contributed by atoms with Gasteiger partial charge in [0.2, 0.25) is 11.8 Å². The van der Waals surface area contributed by atoms with Gasteiger partial charge in [-0.25, -0.2) is 0 Å². The molecule has 3 atom stereocenters. The fourth-order valence-corrected chi connectivity index (χ4v) is 12.7. The van der Waals surface area contributed by atoms with E-state index < -0.39 is 12.1 Å². The lowest BCUT2D eigenvalue weighted by atomic mass is 9.96. The van der Waals surface area contributed by atoms with E-state index in [9.17, 15) is 9.59 Å². The van der Waals surface area contributed by atoms with E-state index in [-0.39, 0.29) is 36.6 Å². The van der Waals surface area contributed by atoms with Crippen LogP contribution in [0.2, 0.25) is 10.0 Å². The number of carbonyl (C=O) groups is 2. The Morgan fingerprint density at radius 2 is 1.24 bits per heavy atom. The number of aryl methyl sites for hydroxylation is 3. The Morgan fingerprint density at radius 1 is 0.698 bits per heavy atom. The number of likely N-dealkylation sites (tertiary alicyclic amines) is 1. The van der Waals surface area contributed by atoms with E-state index in [1.807, 2.05) is 67.3 Å². The number of benzene rings is 2. The minimum absolute atomic E-state index is 0.0205. The molecule has 1 saturated carbocycles. The minimum atomic E-state index is -0.526. The summed E-state index contributed by atoms with van der Waals surface area (Å²) in [6.45, 7) is 11.7. The molecule has 12 nitrogen and oxygen atoms in total. The van der Waals surface area contributed by atoms with Gasteiger partial charge < -0.3 is 10.2 Å². The molecule has 4 aliphatic rings. The van der Waals surface area contributed by atoms with Crippen molar-refractivity contribution < 1.29 is 9.59 Å². The first kappa shape index (κ1) is 42.0. The van der Waals surface area contributed by atoms with Crippen LogP contribution in [-0.4, -0.2) is 76.8 Å². The number of hydrogen-bond acceptors (Lipinski definition) is 10. The van der Waals surface area contributed by atoms with Gasteiger partial charge in [-0.15, -0.1) is 43.1 Å². The molecule has 2 aromatic carbocycles. The predicted octanol–water partition coefficient (Wildman–Crippen LogP) is 9.53. The molecule has 324 valence electrons. The number of halogens is 2. The molecule has 4 aromatic heterocycles. The van der Waals surface area contributed by atoms with Crippen LogP contribution in [0.25, 0.3) is 10.0 Å². The van der Waals surface area contributed by atoms with Crippen molar-refractivity contribution in [1.82, 2.24) is 39.7 Å². The first-order chi connectivity index (χ1) is 30.4. The molecule has 3 aliphatic heterocycles. The summed E-state index contributed by atoms with van der Waals surface area (Å²) < 4.78 is 4.20. The highest BCUT2D eigenvalue weighted by Gasteiger charge is 2.37. The summed E-state index contributed by atoms with van der Waals surface area (Å²) in [5.41, 5.74) is 7.88. The van der Waals surface area contributed by atoms with Crippen molar-refractivity contribution in [2.45, 2.75) is 104 Å². The highest BCUT2D eigenvalue weighted by molar-refractivity contribution is 7.15. The molecule has 16 heteroatoms. The molecule has 63 heavy (non-hydrogen) atoms. The summed E-state index contributed by atoms with van der Waals surface area (Å²) >= 11 is 16.2.